The Morgan fingerprint density at radius 3 is 2.55 bits per heavy atom. The summed E-state index contributed by atoms with van der Waals surface area (Å²) < 4.78 is 11.1. The van der Waals surface area contributed by atoms with E-state index in [1.54, 1.807) is 18.2 Å². The summed E-state index contributed by atoms with van der Waals surface area (Å²) in [4.78, 5) is 39.0. The number of aliphatic hydroxyl groups is 1. The fraction of sp³-hybridized carbons (Fsp3) is 0.222. The van der Waals surface area contributed by atoms with E-state index in [1.165, 1.54) is 13.2 Å². The average molecular weight is 442 g/mol. The van der Waals surface area contributed by atoms with Crippen LogP contribution in [0.4, 0.5) is 0 Å². The molecule has 5 rings (SSSR count). The third-order valence-electron chi connectivity index (χ3n) is 6.30. The first-order chi connectivity index (χ1) is 15.6. The number of aliphatic hydroxyl groups excluding tert-OH is 1. The van der Waals surface area contributed by atoms with Gasteiger partial charge < -0.3 is 14.6 Å². The second-order valence-corrected chi connectivity index (χ2v) is 9.25. The fourth-order valence-electron chi connectivity index (χ4n) is 4.53. The molecule has 0 spiro atoms. The molecule has 1 N–H and O–H groups in total. The molecule has 0 saturated carbocycles. The van der Waals surface area contributed by atoms with Gasteiger partial charge in [0.2, 0.25) is 5.78 Å². The number of esters is 1. The summed E-state index contributed by atoms with van der Waals surface area (Å²) in [5.74, 6) is -2.30. The molecule has 6 nitrogen and oxygen atoms in total. The Labute approximate surface area is 190 Å². The molecular formula is C27H22O6. The third-order valence-corrected chi connectivity index (χ3v) is 6.30. The Morgan fingerprint density at radius 2 is 1.79 bits per heavy atom. The summed E-state index contributed by atoms with van der Waals surface area (Å²) in [5, 5.41) is 12.5. The minimum atomic E-state index is -1.60. The van der Waals surface area contributed by atoms with Gasteiger partial charge in [-0.15, -0.1) is 0 Å². The van der Waals surface area contributed by atoms with Gasteiger partial charge >= 0.3 is 5.97 Å². The van der Waals surface area contributed by atoms with Crippen molar-refractivity contribution < 1.29 is 29.0 Å². The van der Waals surface area contributed by atoms with Gasteiger partial charge in [-0.1, -0.05) is 36.4 Å². The van der Waals surface area contributed by atoms with Crippen molar-refractivity contribution in [3.8, 4) is 0 Å². The zero-order valence-electron chi connectivity index (χ0n) is 18.5. The first-order valence-corrected chi connectivity index (χ1v) is 10.6. The monoisotopic (exact) mass is 442 g/mol. The van der Waals surface area contributed by atoms with Gasteiger partial charge in [0.1, 0.15) is 16.9 Å². The van der Waals surface area contributed by atoms with Crippen molar-refractivity contribution in [2.24, 2.45) is 0 Å². The van der Waals surface area contributed by atoms with Gasteiger partial charge in [-0.05, 0) is 49.3 Å². The highest BCUT2D eigenvalue weighted by Gasteiger charge is 2.54. The molecule has 3 aliphatic rings. The maximum atomic E-state index is 13.2. The Kier molecular flexibility index (Phi) is 4.47. The van der Waals surface area contributed by atoms with E-state index in [1.807, 2.05) is 44.2 Å². The van der Waals surface area contributed by atoms with Crippen molar-refractivity contribution >= 4 is 34.1 Å². The standard InChI is InChI=1S/C27H22O6/c1-26(2)13-18-11-20-23(25(31)33-27(20,3)24(30)19(18)14-32-26)22(29)12-21(28)17-9-8-15-6-4-5-7-16(15)10-17/h4-12,14,28H,13H2,1-3H3/b21-12-. The molecule has 1 unspecified atom stereocenters. The van der Waals surface area contributed by atoms with Crippen molar-refractivity contribution in [3.63, 3.8) is 0 Å². The molecule has 0 fully saturated rings. The summed E-state index contributed by atoms with van der Waals surface area (Å²) in [6, 6.07) is 12.9. The number of fused-ring (bicyclic) bond motifs is 3. The van der Waals surface area contributed by atoms with Crippen LogP contribution in [0.1, 0.15) is 32.8 Å². The zero-order chi connectivity index (χ0) is 23.5. The Hall–Kier alpha value is -3.93. The van der Waals surface area contributed by atoms with Gasteiger partial charge in [0.05, 0.1) is 11.8 Å². The first kappa shape index (κ1) is 20.9. The van der Waals surface area contributed by atoms with E-state index < -0.39 is 28.7 Å². The van der Waals surface area contributed by atoms with Gasteiger partial charge in [-0.3, -0.25) is 9.59 Å². The van der Waals surface area contributed by atoms with Crippen molar-refractivity contribution in [1.82, 2.24) is 0 Å². The van der Waals surface area contributed by atoms with Gasteiger partial charge in [0.25, 0.3) is 0 Å². The molecule has 2 heterocycles. The quantitative estimate of drug-likeness (QED) is 0.326. The van der Waals surface area contributed by atoms with E-state index >= 15 is 0 Å². The fourth-order valence-corrected chi connectivity index (χ4v) is 4.53. The highest BCUT2D eigenvalue weighted by Crippen LogP contribution is 2.46. The van der Waals surface area contributed by atoms with Gasteiger partial charge in [0.15, 0.2) is 11.4 Å². The lowest BCUT2D eigenvalue weighted by Gasteiger charge is -2.37. The van der Waals surface area contributed by atoms with E-state index in [0.717, 1.165) is 16.8 Å². The van der Waals surface area contributed by atoms with Crippen LogP contribution in [0.5, 0.6) is 0 Å². The van der Waals surface area contributed by atoms with Crippen LogP contribution < -0.4 is 0 Å². The maximum Gasteiger partial charge on any atom is 0.343 e. The lowest BCUT2D eigenvalue weighted by atomic mass is 9.74. The second kappa shape index (κ2) is 7.04. The second-order valence-electron chi connectivity index (χ2n) is 9.25. The van der Waals surface area contributed by atoms with Gasteiger partial charge in [0, 0.05) is 23.6 Å². The number of hydrogen-bond donors (Lipinski definition) is 1. The molecule has 0 amide bonds. The maximum absolute atomic E-state index is 13.2. The van der Waals surface area contributed by atoms with Crippen molar-refractivity contribution in [1.29, 1.82) is 0 Å². The number of allylic oxidation sites excluding steroid dienone is 1. The molecule has 0 radical (unpaired) electrons. The number of hydrogen-bond acceptors (Lipinski definition) is 6. The number of Topliss-reactive ketones (excluding diaryl/α,β-unsaturated/α-hetero) is 1. The largest absolute Gasteiger partial charge is 0.507 e. The normalized spacial score (nSPS) is 23.9. The van der Waals surface area contributed by atoms with Crippen molar-refractivity contribution in [2.45, 2.75) is 38.4 Å². The van der Waals surface area contributed by atoms with Crippen LogP contribution in [0, 0.1) is 0 Å². The Morgan fingerprint density at radius 1 is 1.06 bits per heavy atom. The first-order valence-electron chi connectivity index (χ1n) is 10.6. The molecule has 1 aliphatic carbocycles. The summed E-state index contributed by atoms with van der Waals surface area (Å²) in [6.07, 6.45) is 4.52. The van der Waals surface area contributed by atoms with Crippen LogP contribution in [0.15, 0.2) is 83.2 Å². The zero-order valence-corrected chi connectivity index (χ0v) is 18.5. The highest BCUT2D eigenvalue weighted by atomic mass is 16.6. The summed E-state index contributed by atoms with van der Waals surface area (Å²) >= 11 is 0. The van der Waals surface area contributed by atoms with Crippen LogP contribution >= 0.6 is 0 Å². The van der Waals surface area contributed by atoms with E-state index in [0.29, 0.717) is 23.1 Å². The molecule has 0 bridgehead atoms. The molecule has 6 heteroatoms. The predicted molar refractivity (Wildman–Crippen MR) is 122 cm³/mol. The number of ketones is 2. The summed E-state index contributed by atoms with van der Waals surface area (Å²) in [6.45, 7) is 5.25. The number of benzene rings is 2. The molecule has 0 saturated heterocycles. The lowest BCUT2D eigenvalue weighted by Crippen LogP contribution is -2.43. The Balaban J connectivity index is 1.58. The van der Waals surface area contributed by atoms with Crippen LogP contribution in [-0.2, 0) is 23.9 Å². The molecule has 1 atom stereocenters. The predicted octanol–water partition coefficient (Wildman–Crippen LogP) is 4.51. The number of rotatable bonds is 3. The topological polar surface area (TPSA) is 89.9 Å². The molecule has 2 aromatic rings. The van der Waals surface area contributed by atoms with Crippen LogP contribution in [-0.4, -0.2) is 33.8 Å². The van der Waals surface area contributed by atoms with E-state index in [4.69, 9.17) is 9.47 Å². The van der Waals surface area contributed by atoms with Gasteiger partial charge in [-0.25, -0.2) is 4.79 Å². The average Bonchev–Trinajstić information content (AvgIpc) is 3.03. The van der Waals surface area contributed by atoms with E-state index in [-0.39, 0.29) is 16.9 Å². The van der Waals surface area contributed by atoms with Crippen LogP contribution in [0.2, 0.25) is 0 Å². The minimum absolute atomic E-state index is 0.218. The van der Waals surface area contributed by atoms with Crippen LogP contribution in [0.3, 0.4) is 0 Å². The third kappa shape index (κ3) is 3.30. The smallest absolute Gasteiger partial charge is 0.343 e. The van der Waals surface area contributed by atoms with Crippen molar-refractivity contribution in [3.05, 3.63) is 88.7 Å². The summed E-state index contributed by atoms with van der Waals surface area (Å²) in [7, 11) is 0. The molecular weight excluding hydrogens is 420 g/mol. The molecule has 2 aliphatic heterocycles. The molecule has 2 aromatic carbocycles. The van der Waals surface area contributed by atoms with Crippen LogP contribution in [0.25, 0.3) is 16.5 Å². The van der Waals surface area contributed by atoms with E-state index in [2.05, 4.69) is 0 Å². The number of carbonyl (C=O) groups excluding carboxylic acids is 3. The van der Waals surface area contributed by atoms with E-state index in [9.17, 15) is 19.5 Å². The minimum Gasteiger partial charge on any atom is -0.507 e. The molecule has 0 aromatic heterocycles. The number of carbonyl (C=O) groups is 3. The molecule has 166 valence electrons. The van der Waals surface area contributed by atoms with Crippen molar-refractivity contribution in [2.75, 3.05) is 0 Å². The SMILES string of the molecule is CC1(C)CC2=CC3=C(C(=O)/C=C(\O)c4ccc5ccccc5c4)C(=O)OC3(C)C(=O)C2=CO1. The van der Waals surface area contributed by atoms with Gasteiger partial charge in [-0.2, -0.15) is 0 Å². The lowest BCUT2D eigenvalue weighted by molar-refractivity contribution is -0.153. The summed E-state index contributed by atoms with van der Waals surface area (Å²) in [5.41, 5.74) is -0.674. The Bertz CT molecular complexity index is 1380. The highest BCUT2D eigenvalue weighted by molar-refractivity contribution is 6.28. The molecule has 33 heavy (non-hydrogen) atoms. The number of ether oxygens (including phenoxy) is 2.